The molecule has 0 fully saturated rings. The third-order valence-corrected chi connectivity index (χ3v) is 2.42. The first kappa shape index (κ1) is 12.1. The van der Waals surface area contributed by atoms with Gasteiger partial charge in [0.2, 0.25) is 0 Å². The molecule has 1 unspecified atom stereocenters. The van der Waals surface area contributed by atoms with Gasteiger partial charge in [-0.2, -0.15) is 0 Å². The fourth-order valence-corrected chi connectivity index (χ4v) is 1.58. The van der Waals surface area contributed by atoms with Crippen LogP contribution in [0.1, 0.15) is 30.9 Å². The molecule has 0 amide bonds. The molecule has 1 atom stereocenters. The smallest absolute Gasteiger partial charge is 0.125 e. The molecule has 84 valence electrons. The van der Waals surface area contributed by atoms with Crippen molar-refractivity contribution in [1.29, 1.82) is 0 Å². The molecule has 1 N–H and O–H groups in total. The van der Waals surface area contributed by atoms with Crippen LogP contribution in [0.4, 0.5) is 0 Å². The summed E-state index contributed by atoms with van der Waals surface area (Å²) in [6.07, 6.45) is 1.46. The van der Waals surface area contributed by atoms with Gasteiger partial charge in [-0.15, -0.1) is 0 Å². The molecule has 0 saturated heterocycles. The van der Waals surface area contributed by atoms with E-state index in [0.29, 0.717) is 6.61 Å². The highest BCUT2D eigenvalue weighted by molar-refractivity contribution is 5.39. The Balaban J connectivity index is 2.43. The van der Waals surface area contributed by atoms with Crippen molar-refractivity contribution in [2.75, 3.05) is 6.61 Å². The topological polar surface area (TPSA) is 29.5 Å². The Kier molecular flexibility index (Phi) is 4.63. The van der Waals surface area contributed by atoms with Crippen LogP contribution in [-0.2, 0) is 0 Å². The largest absolute Gasteiger partial charge is 0.493 e. The predicted molar refractivity (Wildman–Crippen MR) is 62.3 cm³/mol. The first-order valence-corrected chi connectivity index (χ1v) is 5.48. The summed E-state index contributed by atoms with van der Waals surface area (Å²) in [4.78, 5) is 0. The van der Waals surface area contributed by atoms with Crippen molar-refractivity contribution in [2.45, 2.75) is 39.7 Å². The maximum Gasteiger partial charge on any atom is 0.125 e. The second-order valence-corrected chi connectivity index (χ2v) is 4.06. The number of para-hydroxylation sites is 1. The van der Waals surface area contributed by atoms with Gasteiger partial charge in [-0.05, 0) is 44.7 Å². The molecule has 0 saturated carbocycles. The number of hydrogen-bond acceptors (Lipinski definition) is 2. The van der Waals surface area contributed by atoms with Gasteiger partial charge in [0, 0.05) is 0 Å². The Hall–Kier alpha value is -1.02. The predicted octanol–water partition coefficient (Wildman–Crippen LogP) is 2.84. The van der Waals surface area contributed by atoms with Crippen LogP contribution in [0, 0.1) is 13.8 Å². The van der Waals surface area contributed by atoms with Crippen molar-refractivity contribution in [3.63, 3.8) is 0 Å². The first-order chi connectivity index (χ1) is 7.11. The minimum atomic E-state index is -0.230. The molecule has 0 bridgehead atoms. The van der Waals surface area contributed by atoms with E-state index in [1.807, 2.05) is 6.07 Å². The standard InChI is InChI=1S/C13H20O2/c1-10-6-4-7-11(2)13(10)15-9-5-8-12(3)14/h4,6-7,12,14H,5,8-9H2,1-3H3. The van der Waals surface area contributed by atoms with Crippen LogP contribution in [0.25, 0.3) is 0 Å². The normalized spacial score (nSPS) is 12.5. The summed E-state index contributed by atoms with van der Waals surface area (Å²) < 4.78 is 5.71. The lowest BCUT2D eigenvalue weighted by Gasteiger charge is -2.12. The van der Waals surface area contributed by atoms with Crippen molar-refractivity contribution in [3.05, 3.63) is 29.3 Å². The third-order valence-electron chi connectivity index (χ3n) is 2.42. The zero-order valence-corrected chi connectivity index (χ0v) is 9.79. The minimum Gasteiger partial charge on any atom is -0.493 e. The minimum absolute atomic E-state index is 0.230. The van der Waals surface area contributed by atoms with Crippen molar-refractivity contribution < 1.29 is 9.84 Å². The molecule has 1 rings (SSSR count). The second kappa shape index (κ2) is 5.76. The SMILES string of the molecule is Cc1cccc(C)c1OCCCC(C)O. The van der Waals surface area contributed by atoms with Crippen LogP contribution in [0.2, 0.25) is 0 Å². The molecular weight excluding hydrogens is 188 g/mol. The molecule has 0 heterocycles. The van der Waals surface area contributed by atoms with Crippen LogP contribution in [0.3, 0.4) is 0 Å². The Morgan fingerprint density at radius 3 is 2.40 bits per heavy atom. The molecule has 0 aromatic heterocycles. The summed E-state index contributed by atoms with van der Waals surface area (Å²) in [7, 11) is 0. The van der Waals surface area contributed by atoms with Crippen LogP contribution >= 0.6 is 0 Å². The molecule has 0 spiro atoms. The van der Waals surface area contributed by atoms with Gasteiger partial charge in [0.05, 0.1) is 12.7 Å². The molecule has 0 aliphatic carbocycles. The van der Waals surface area contributed by atoms with Crippen LogP contribution in [0.15, 0.2) is 18.2 Å². The summed E-state index contributed by atoms with van der Waals surface area (Å²) in [6.45, 7) is 6.59. The maximum absolute atomic E-state index is 9.10. The molecule has 1 aromatic rings. The Morgan fingerprint density at radius 2 is 1.87 bits per heavy atom. The van der Waals surface area contributed by atoms with E-state index in [1.54, 1.807) is 6.92 Å². The van der Waals surface area contributed by atoms with E-state index in [1.165, 1.54) is 11.1 Å². The van der Waals surface area contributed by atoms with Crippen molar-refractivity contribution >= 4 is 0 Å². The second-order valence-electron chi connectivity index (χ2n) is 4.06. The molecule has 2 heteroatoms. The van der Waals surface area contributed by atoms with Crippen LogP contribution in [-0.4, -0.2) is 17.8 Å². The summed E-state index contributed by atoms with van der Waals surface area (Å²) >= 11 is 0. The van der Waals surface area contributed by atoms with E-state index < -0.39 is 0 Å². The van der Waals surface area contributed by atoms with Crippen molar-refractivity contribution in [2.24, 2.45) is 0 Å². The fraction of sp³-hybridized carbons (Fsp3) is 0.538. The van der Waals surface area contributed by atoms with E-state index in [-0.39, 0.29) is 6.10 Å². The zero-order valence-electron chi connectivity index (χ0n) is 9.79. The average Bonchev–Trinajstić information content (AvgIpc) is 2.15. The maximum atomic E-state index is 9.10. The van der Waals surface area contributed by atoms with Gasteiger partial charge in [0.15, 0.2) is 0 Å². The number of rotatable bonds is 5. The number of aryl methyl sites for hydroxylation is 2. The molecule has 15 heavy (non-hydrogen) atoms. The van der Waals surface area contributed by atoms with Gasteiger partial charge < -0.3 is 9.84 Å². The fourth-order valence-electron chi connectivity index (χ4n) is 1.58. The number of hydrogen-bond donors (Lipinski definition) is 1. The highest BCUT2D eigenvalue weighted by Crippen LogP contribution is 2.22. The monoisotopic (exact) mass is 208 g/mol. The van der Waals surface area contributed by atoms with E-state index in [4.69, 9.17) is 9.84 Å². The average molecular weight is 208 g/mol. The van der Waals surface area contributed by atoms with Gasteiger partial charge in [-0.25, -0.2) is 0 Å². The van der Waals surface area contributed by atoms with E-state index in [2.05, 4.69) is 26.0 Å². The Labute approximate surface area is 91.9 Å². The Bertz CT molecular complexity index is 285. The van der Waals surface area contributed by atoms with Gasteiger partial charge in [0.25, 0.3) is 0 Å². The highest BCUT2D eigenvalue weighted by atomic mass is 16.5. The number of benzene rings is 1. The molecule has 0 aliphatic rings. The summed E-state index contributed by atoms with van der Waals surface area (Å²) in [5, 5.41) is 9.10. The number of aliphatic hydroxyl groups excluding tert-OH is 1. The van der Waals surface area contributed by atoms with Gasteiger partial charge in [0.1, 0.15) is 5.75 Å². The quantitative estimate of drug-likeness (QED) is 0.754. The van der Waals surface area contributed by atoms with E-state index in [0.717, 1.165) is 18.6 Å². The van der Waals surface area contributed by atoms with Gasteiger partial charge >= 0.3 is 0 Å². The van der Waals surface area contributed by atoms with Crippen molar-refractivity contribution in [3.8, 4) is 5.75 Å². The molecule has 0 radical (unpaired) electrons. The van der Waals surface area contributed by atoms with Gasteiger partial charge in [-0.3, -0.25) is 0 Å². The highest BCUT2D eigenvalue weighted by Gasteiger charge is 2.03. The van der Waals surface area contributed by atoms with E-state index in [9.17, 15) is 0 Å². The lowest BCUT2D eigenvalue weighted by molar-refractivity contribution is 0.170. The first-order valence-electron chi connectivity index (χ1n) is 5.48. The third kappa shape index (κ3) is 3.92. The summed E-state index contributed by atoms with van der Waals surface area (Å²) in [5.74, 6) is 0.989. The number of ether oxygens (including phenoxy) is 1. The van der Waals surface area contributed by atoms with Crippen molar-refractivity contribution in [1.82, 2.24) is 0 Å². The van der Waals surface area contributed by atoms with E-state index >= 15 is 0 Å². The number of aliphatic hydroxyl groups is 1. The molecule has 2 nitrogen and oxygen atoms in total. The van der Waals surface area contributed by atoms with Gasteiger partial charge in [-0.1, -0.05) is 18.2 Å². The lowest BCUT2D eigenvalue weighted by atomic mass is 10.1. The summed E-state index contributed by atoms with van der Waals surface area (Å²) in [5.41, 5.74) is 2.35. The molecular formula is C13H20O2. The summed E-state index contributed by atoms with van der Waals surface area (Å²) in [6, 6.07) is 6.14. The molecule has 1 aromatic carbocycles. The lowest BCUT2D eigenvalue weighted by Crippen LogP contribution is -2.05. The van der Waals surface area contributed by atoms with Crippen LogP contribution < -0.4 is 4.74 Å². The Morgan fingerprint density at radius 1 is 1.27 bits per heavy atom. The zero-order chi connectivity index (χ0) is 11.3. The molecule has 0 aliphatic heterocycles. The van der Waals surface area contributed by atoms with Crippen LogP contribution in [0.5, 0.6) is 5.75 Å².